The minimum absolute atomic E-state index is 0.00263. The Balaban J connectivity index is 1.77. The molecule has 0 bridgehead atoms. The Morgan fingerprint density at radius 3 is 1.76 bits per heavy atom. The molecule has 2 N–H and O–H groups in total. The highest BCUT2D eigenvalue weighted by Gasteiger charge is 2.42. The van der Waals surface area contributed by atoms with Gasteiger partial charge in [-0.3, -0.25) is 4.79 Å². The van der Waals surface area contributed by atoms with E-state index >= 15 is 0 Å². The van der Waals surface area contributed by atoms with Crippen LogP contribution in [0.1, 0.15) is 40.9 Å². The summed E-state index contributed by atoms with van der Waals surface area (Å²) in [7, 11) is 0. The molecule has 1 aliphatic heterocycles. The Morgan fingerprint density at radius 1 is 0.706 bits per heavy atom. The molecular formula is C30H22O4. The smallest absolute Gasteiger partial charge is 0.160 e. The maximum atomic E-state index is 12.7. The number of fused-ring (bicyclic) bond motifs is 6. The van der Waals surface area contributed by atoms with Crippen LogP contribution in [-0.2, 0) is 5.41 Å². The lowest BCUT2D eigenvalue weighted by Crippen LogP contribution is -2.31. The molecule has 0 fully saturated rings. The second-order valence-electron chi connectivity index (χ2n) is 9.02. The third kappa shape index (κ3) is 2.75. The third-order valence-electron chi connectivity index (χ3n) is 7.03. The number of ketones is 1. The molecule has 0 spiro atoms. The number of phenolic OH excluding ortho intramolecular Hbond substituents is 2. The van der Waals surface area contributed by atoms with E-state index < -0.39 is 5.41 Å². The summed E-state index contributed by atoms with van der Waals surface area (Å²) in [6.07, 6.45) is 0. The molecule has 4 nitrogen and oxygen atoms in total. The van der Waals surface area contributed by atoms with E-state index in [1.165, 1.54) is 0 Å². The van der Waals surface area contributed by atoms with Gasteiger partial charge in [0.25, 0.3) is 0 Å². The molecule has 166 valence electrons. The van der Waals surface area contributed by atoms with Crippen molar-refractivity contribution in [1.82, 2.24) is 0 Å². The lowest BCUT2D eigenvalue weighted by atomic mass is 9.67. The molecule has 0 amide bonds. The van der Waals surface area contributed by atoms with Crippen LogP contribution in [-0.4, -0.2) is 16.0 Å². The number of phenols is 2. The summed E-state index contributed by atoms with van der Waals surface area (Å²) >= 11 is 0. The molecule has 0 atom stereocenters. The molecule has 0 aliphatic carbocycles. The predicted molar refractivity (Wildman–Crippen MR) is 133 cm³/mol. The molecule has 0 saturated heterocycles. The van der Waals surface area contributed by atoms with E-state index in [-0.39, 0.29) is 17.3 Å². The second-order valence-corrected chi connectivity index (χ2v) is 9.02. The molecule has 4 heteroatoms. The first-order valence-corrected chi connectivity index (χ1v) is 11.2. The monoisotopic (exact) mass is 446 g/mol. The van der Waals surface area contributed by atoms with E-state index in [0.717, 1.165) is 38.2 Å². The fourth-order valence-corrected chi connectivity index (χ4v) is 5.35. The van der Waals surface area contributed by atoms with Gasteiger partial charge in [0, 0.05) is 27.5 Å². The van der Waals surface area contributed by atoms with Crippen molar-refractivity contribution in [2.24, 2.45) is 0 Å². The van der Waals surface area contributed by atoms with Crippen LogP contribution in [0, 0.1) is 0 Å². The van der Waals surface area contributed by atoms with E-state index in [9.17, 15) is 15.0 Å². The maximum Gasteiger partial charge on any atom is 0.160 e. The Labute approximate surface area is 196 Å². The van der Waals surface area contributed by atoms with E-state index in [4.69, 9.17) is 4.74 Å². The average molecular weight is 447 g/mol. The second kappa shape index (κ2) is 7.09. The molecule has 1 heterocycles. The molecule has 0 aromatic heterocycles. The minimum Gasteiger partial charge on any atom is -0.508 e. The molecule has 5 aromatic carbocycles. The van der Waals surface area contributed by atoms with Gasteiger partial charge in [0.15, 0.2) is 5.78 Å². The van der Waals surface area contributed by atoms with Crippen molar-refractivity contribution in [3.05, 3.63) is 107 Å². The first-order valence-electron chi connectivity index (χ1n) is 11.2. The summed E-state index contributed by atoms with van der Waals surface area (Å²) < 4.78 is 6.65. The molecule has 34 heavy (non-hydrogen) atoms. The van der Waals surface area contributed by atoms with Crippen LogP contribution in [0.4, 0.5) is 0 Å². The highest BCUT2D eigenvalue weighted by molar-refractivity contribution is 5.99. The number of rotatable bonds is 2. The number of Topliss-reactive ketones (excluding diaryl/α,β-unsaturated/α-hetero) is 1. The van der Waals surface area contributed by atoms with Gasteiger partial charge in [0.05, 0.1) is 5.41 Å². The van der Waals surface area contributed by atoms with Gasteiger partial charge in [-0.1, -0.05) is 48.5 Å². The van der Waals surface area contributed by atoms with Crippen molar-refractivity contribution in [1.29, 1.82) is 0 Å². The Bertz CT molecular complexity index is 1560. The van der Waals surface area contributed by atoms with Crippen molar-refractivity contribution in [2.45, 2.75) is 19.3 Å². The summed E-state index contributed by atoms with van der Waals surface area (Å²) in [5.41, 5.74) is 2.79. The lowest BCUT2D eigenvalue weighted by Gasteiger charge is -2.40. The largest absolute Gasteiger partial charge is 0.508 e. The quantitative estimate of drug-likeness (QED) is 0.285. The molecular weight excluding hydrogens is 424 g/mol. The van der Waals surface area contributed by atoms with Crippen LogP contribution in [0.25, 0.3) is 21.5 Å². The van der Waals surface area contributed by atoms with Crippen LogP contribution in [0.15, 0.2) is 84.9 Å². The Kier molecular flexibility index (Phi) is 4.24. The van der Waals surface area contributed by atoms with Gasteiger partial charge >= 0.3 is 0 Å². The molecule has 6 rings (SSSR count). The standard InChI is InChI=1S/C30H22O4/c1-17(31)22-5-3-4-6-25(22)30(2)26-13-7-18-15-20(32)9-11-23(18)28(26)34-29-24-12-10-21(33)16-19(24)8-14-27(29)30/h3-16,32-33H,1-2H3. The maximum absolute atomic E-state index is 12.7. The highest BCUT2D eigenvalue weighted by Crippen LogP contribution is 2.56. The van der Waals surface area contributed by atoms with Gasteiger partial charge in [-0.25, -0.2) is 0 Å². The number of hydrogen-bond donors (Lipinski definition) is 2. The first kappa shape index (κ1) is 20.3. The zero-order valence-corrected chi connectivity index (χ0v) is 18.8. The Hall–Kier alpha value is -4.31. The number of carbonyl (C=O) groups is 1. The normalized spacial score (nSPS) is 13.8. The van der Waals surface area contributed by atoms with Crippen molar-refractivity contribution < 1.29 is 19.7 Å². The molecule has 5 aromatic rings. The van der Waals surface area contributed by atoms with Crippen molar-refractivity contribution in [2.75, 3.05) is 0 Å². The third-order valence-corrected chi connectivity index (χ3v) is 7.03. The van der Waals surface area contributed by atoms with Gasteiger partial charge < -0.3 is 14.9 Å². The van der Waals surface area contributed by atoms with E-state index in [1.54, 1.807) is 31.2 Å². The van der Waals surface area contributed by atoms with E-state index in [2.05, 4.69) is 6.92 Å². The summed E-state index contributed by atoms with van der Waals surface area (Å²) in [5, 5.41) is 23.6. The van der Waals surface area contributed by atoms with Crippen LogP contribution in [0.5, 0.6) is 23.0 Å². The number of benzene rings is 5. The van der Waals surface area contributed by atoms with E-state index in [1.807, 2.05) is 60.7 Å². The topological polar surface area (TPSA) is 66.8 Å². The number of hydrogen-bond acceptors (Lipinski definition) is 4. The summed E-state index contributed by atoms with van der Waals surface area (Å²) in [5.74, 6) is 1.78. The molecule has 0 unspecified atom stereocenters. The van der Waals surface area contributed by atoms with Crippen molar-refractivity contribution in [3.8, 4) is 23.0 Å². The van der Waals surface area contributed by atoms with Crippen molar-refractivity contribution in [3.63, 3.8) is 0 Å². The summed E-state index contributed by atoms with van der Waals surface area (Å²) in [6.45, 7) is 3.73. The van der Waals surface area contributed by atoms with Crippen LogP contribution in [0.2, 0.25) is 0 Å². The molecule has 0 radical (unpaired) electrons. The van der Waals surface area contributed by atoms with Crippen LogP contribution >= 0.6 is 0 Å². The highest BCUT2D eigenvalue weighted by atomic mass is 16.5. The minimum atomic E-state index is -0.677. The van der Waals surface area contributed by atoms with Gasteiger partial charge in [-0.2, -0.15) is 0 Å². The zero-order chi connectivity index (χ0) is 23.6. The Morgan fingerprint density at radius 2 is 1.24 bits per heavy atom. The lowest BCUT2D eigenvalue weighted by molar-refractivity contribution is 0.101. The fourth-order valence-electron chi connectivity index (χ4n) is 5.35. The molecule has 1 aliphatic rings. The fraction of sp³-hybridized carbons (Fsp3) is 0.100. The average Bonchev–Trinajstić information content (AvgIpc) is 2.83. The SMILES string of the molecule is CC(=O)c1ccccc1C1(C)c2ccc3cc(O)ccc3c2Oc2c1ccc1cc(O)ccc21. The summed E-state index contributed by atoms with van der Waals surface area (Å²) in [4.78, 5) is 12.7. The first-order chi connectivity index (χ1) is 16.4. The van der Waals surface area contributed by atoms with Crippen molar-refractivity contribution >= 4 is 27.3 Å². The predicted octanol–water partition coefficient (Wildman–Crippen LogP) is 7.07. The van der Waals surface area contributed by atoms with Gasteiger partial charge in [-0.05, 0) is 66.6 Å². The number of carbonyl (C=O) groups excluding carboxylic acids is 1. The van der Waals surface area contributed by atoms with Crippen LogP contribution < -0.4 is 4.74 Å². The number of aromatic hydroxyl groups is 2. The zero-order valence-electron chi connectivity index (χ0n) is 18.8. The van der Waals surface area contributed by atoms with E-state index in [0.29, 0.717) is 17.1 Å². The van der Waals surface area contributed by atoms with Gasteiger partial charge in [0.1, 0.15) is 23.0 Å². The number of ether oxygens (including phenoxy) is 1. The van der Waals surface area contributed by atoms with Crippen LogP contribution in [0.3, 0.4) is 0 Å². The summed E-state index contributed by atoms with van der Waals surface area (Å²) in [6, 6.07) is 26.2. The molecule has 0 saturated carbocycles. The van der Waals surface area contributed by atoms with Gasteiger partial charge in [0.2, 0.25) is 0 Å². The van der Waals surface area contributed by atoms with Gasteiger partial charge in [-0.15, -0.1) is 0 Å².